The van der Waals surface area contributed by atoms with Gasteiger partial charge in [0.2, 0.25) is 15.8 Å². The van der Waals surface area contributed by atoms with E-state index in [4.69, 9.17) is 4.74 Å². The molecule has 0 aliphatic carbocycles. The van der Waals surface area contributed by atoms with Crippen molar-refractivity contribution < 1.29 is 35.9 Å². The zero-order chi connectivity index (χ0) is 20.9. The first-order valence-electron chi connectivity index (χ1n) is 8.04. The second kappa shape index (κ2) is 8.98. The summed E-state index contributed by atoms with van der Waals surface area (Å²) in [4.78, 5) is 23.4. The number of esters is 1. The van der Waals surface area contributed by atoms with Gasteiger partial charge in [-0.25, -0.2) is 26.3 Å². The summed E-state index contributed by atoms with van der Waals surface area (Å²) < 4.78 is 69.8. The summed E-state index contributed by atoms with van der Waals surface area (Å²) in [5.41, 5.74) is 0.153. The van der Waals surface area contributed by atoms with Gasteiger partial charge in [0.05, 0.1) is 11.3 Å². The molecular weight excluding hydrogens is 399 g/mol. The van der Waals surface area contributed by atoms with E-state index < -0.39 is 56.6 Å². The van der Waals surface area contributed by atoms with Gasteiger partial charge in [-0.3, -0.25) is 9.59 Å². The molecule has 1 atom stereocenters. The molecule has 0 fully saturated rings. The molecule has 0 saturated carbocycles. The highest BCUT2D eigenvalue weighted by atomic mass is 32.2. The summed E-state index contributed by atoms with van der Waals surface area (Å²) >= 11 is 0. The summed E-state index contributed by atoms with van der Waals surface area (Å²) in [5, 5.41) is 0. The summed E-state index contributed by atoms with van der Waals surface area (Å²) in [6.45, 7) is 0.951. The van der Waals surface area contributed by atoms with Gasteiger partial charge >= 0.3 is 5.97 Å². The quantitative estimate of drug-likeness (QED) is 0.529. The molecule has 0 unspecified atom stereocenters. The minimum Gasteiger partial charge on any atom is -0.454 e. The first kappa shape index (κ1) is 21.6. The summed E-state index contributed by atoms with van der Waals surface area (Å²) in [5.74, 6) is -4.43. The van der Waals surface area contributed by atoms with Crippen molar-refractivity contribution in [3.05, 3.63) is 65.5 Å². The number of hydrogen-bond acceptors (Lipinski definition) is 5. The van der Waals surface area contributed by atoms with Crippen LogP contribution in [0.5, 0.6) is 0 Å². The molecule has 0 aromatic heterocycles. The van der Waals surface area contributed by atoms with E-state index in [0.29, 0.717) is 12.1 Å². The number of rotatable bonds is 8. The van der Waals surface area contributed by atoms with E-state index in [0.717, 1.165) is 18.2 Å². The van der Waals surface area contributed by atoms with Gasteiger partial charge in [0.1, 0.15) is 5.82 Å². The Labute approximate surface area is 159 Å². The Bertz CT molecular complexity index is 977. The highest BCUT2D eigenvalue weighted by Crippen LogP contribution is 2.14. The maximum Gasteiger partial charge on any atom is 0.307 e. The van der Waals surface area contributed by atoms with Gasteiger partial charge in [0, 0.05) is 12.1 Å². The van der Waals surface area contributed by atoms with Crippen LogP contribution < -0.4 is 4.72 Å². The average Bonchev–Trinajstić information content (AvgIpc) is 2.63. The molecule has 2 aromatic carbocycles. The predicted octanol–water partition coefficient (Wildman–Crippen LogP) is 2.59. The molecule has 10 heteroatoms. The number of sulfonamides is 1. The smallest absolute Gasteiger partial charge is 0.307 e. The molecule has 6 nitrogen and oxygen atoms in total. The van der Waals surface area contributed by atoms with Gasteiger partial charge in [-0.2, -0.15) is 0 Å². The Morgan fingerprint density at radius 3 is 2.29 bits per heavy atom. The molecule has 0 aliphatic heterocycles. The third-order valence-electron chi connectivity index (χ3n) is 3.63. The Balaban J connectivity index is 1.87. The van der Waals surface area contributed by atoms with Crippen LogP contribution in [0.1, 0.15) is 23.7 Å². The fraction of sp³-hybridized carbons (Fsp3) is 0.222. The predicted molar refractivity (Wildman–Crippen MR) is 92.4 cm³/mol. The number of nitrogens with one attached hydrogen (secondary N) is 1. The van der Waals surface area contributed by atoms with E-state index >= 15 is 0 Å². The van der Waals surface area contributed by atoms with Crippen molar-refractivity contribution >= 4 is 21.8 Å². The van der Waals surface area contributed by atoms with E-state index in [9.17, 15) is 31.2 Å². The van der Waals surface area contributed by atoms with Gasteiger partial charge in [0.25, 0.3) is 0 Å². The third kappa shape index (κ3) is 5.64. The van der Waals surface area contributed by atoms with E-state index in [1.165, 1.54) is 19.1 Å². The van der Waals surface area contributed by atoms with Crippen LogP contribution in [0.15, 0.2) is 47.4 Å². The summed E-state index contributed by atoms with van der Waals surface area (Å²) in [6, 6.07) is 6.74. The molecule has 0 radical (unpaired) electrons. The number of carbonyl (C=O) groups is 2. The Morgan fingerprint density at radius 1 is 1.04 bits per heavy atom. The highest BCUT2D eigenvalue weighted by Gasteiger charge is 2.21. The van der Waals surface area contributed by atoms with E-state index in [-0.39, 0.29) is 12.1 Å². The van der Waals surface area contributed by atoms with Crippen molar-refractivity contribution in [2.75, 3.05) is 6.54 Å². The van der Waals surface area contributed by atoms with Gasteiger partial charge < -0.3 is 4.74 Å². The molecule has 0 saturated heterocycles. The summed E-state index contributed by atoms with van der Waals surface area (Å²) in [7, 11) is -4.15. The number of benzene rings is 2. The monoisotopic (exact) mass is 415 g/mol. The van der Waals surface area contributed by atoms with Gasteiger partial charge in [-0.15, -0.1) is 0 Å². The molecule has 1 N–H and O–H groups in total. The van der Waals surface area contributed by atoms with E-state index in [1.54, 1.807) is 0 Å². The number of ether oxygens (including phenoxy) is 1. The van der Waals surface area contributed by atoms with Crippen molar-refractivity contribution in [1.29, 1.82) is 0 Å². The molecule has 0 amide bonds. The molecule has 2 aromatic rings. The Morgan fingerprint density at radius 2 is 1.68 bits per heavy atom. The van der Waals surface area contributed by atoms with Crippen LogP contribution in [-0.2, 0) is 19.6 Å². The number of ketones is 1. The number of hydrogen-bond donors (Lipinski definition) is 1. The van der Waals surface area contributed by atoms with Crippen LogP contribution in [0.4, 0.5) is 13.2 Å². The molecule has 0 aliphatic rings. The third-order valence-corrected chi connectivity index (χ3v) is 5.09. The second-order valence-electron chi connectivity index (χ2n) is 5.73. The Kier molecular flexibility index (Phi) is 6.92. The van der Waals surface area contributed by atoms with Crippen molar-refractivity contribution in [2.45, 2.75) is 24.3 Å². The van der Waals surface area contributed by atoms with Crippen molar-refractivity contribution in [3.8, 4) is 0 Å². The van der Waals surface area contributed by atoms with Crippen LogP contribution in [-0.4, -0.2) is 32.8 Å². The fourth-order valence-electron chi connectivity index (χ4n) is 2.17. The van der Waals surface area contributed by atoms with E-state index in [2.05, 4.69) is 0 Å². The van der Waals surface area contributed by atoms with Crippen LogP contribution in [0.3, 0.4) is 0 Å². The molecule has 150 valence electrons. The largest absolute Gasteiger partial charge is 0.454 e. The lowest BCUT2D eigenvalue weighted by Crippen LogP contribution is -2.29. The SMILES string of the molecule is C[C@H](OC(=O)CCNS(=O)(=O)c1ccc(F)c(F)c1)C(=O)c1ccc(F)cc1. The second-order valence-corrected chi connectivity index (χ2v) is 7.49. The average molecular weight is 415 g/mol. The number of Topliss-reactive ketones (excluding diaryl/α,β-unsaturated/α-hetero) is 1. The first-order valence-corrected chi connectivity index (χ1v) is 9.52. The zero-order valence-electron chi connectivity index (χ0n) is 14.6. The minimum atomic E-state index is -4.15. The van der Waals surface area contributed by atoms with Crippen molar-refractivity contribution in [1.82, 2.24) is 4.72 Å². The Hall–Kier alpha value is -2.72. The zero-order valence-corrected chi connectivity index (χ0v) is 15.4. The maximum atomic E-state index is 13.1. The van der Waals surface area contributed by atoms with Gasteiger partial charge in [-0.1, -0.05) is 0 Å². The van der Waals surface area contributed by atoms with Crippen molar-refractivity contribution in [2.24, 2.45) is 0 Å². The number of halogens is 3. The van der Waals surface area contributed by atoms with E-state index in [1.807, 2.05) is 4.72 Å². The van der Waals surface area contributed by atoms with Crippen LogP contribution in [0.2, 0.25) is 0 Å². The molecule has 0 spiro atoms. The molecular formula is C18H16F3NO5S. The van der Waals surface area contributed by atoms with Crippen LogP contribution >= 0.6 is 0 Å². The molecule has 28 heavy (non-hydrogen) atoms. The lowest BCUT2D eigenvalue weighted by Gasteiger charge is -2.13. The summed E-state index contributed by atoms with van der Waals surface area (Å²) in [6.07, 6.45) is -1.55. The first-order chi connectivity index (χ1) is 13.1. The highest BCUT2D eigenvalue weighted by molar-refractivity contribution is 7.89. The van der Waals surface area contributed by atoms with Gasteiger partial charge in [0.15, 0.2) is 17.7 Å². The molecule has 0 heterocycles. The lowest BCUT2D eigenvalue weighted by atomic mass is 10.1. The van der Waals surface area contributed by atoms with Gasteiger partial charge in [-0.05, 0) is 49.4 Å². The normalized spacial score (nSPS) is 12.4. The van der Waals surface area contributed by atoms with Crippen LogP contribution in [0, 0.1) is 17.5 Å². The maximum absolute atomic E-state index is 13.1. The molecule has 2 rings (SSSR count). The van der Waals surface area contributed by atoms with Crippen LogP contribution in [0.25, 0.3) is 0 Å². The number of carbonyl (C=O) groups excluding carboxylic acids is 2. The fourth-order valence-corrected chi connectivity index (χ4v) is 3.22. The molecule has 0 bridgehead atoms. The van der Waals surface area contributed by atoms with Crippen molar-refractivity contribution in [3.63, 3.8) is 0 Å². The lowest BCUT2D eigenvalue weighted by molar-refractivity contribution is -0.146. The minimum absolute atomic E-state index is 0.153. The standard InChI is InChI=1S/C18H16F3NO5S/c1-11(18(24)12-2-4-13(19)5-3-12)27-17(23)8-9-22-28(25,26)14-6-7-15(20)16(21)10-14/h2-7,10-11,22H,8-9H2,1H3/t11-/m0/s1. The topological polar surface area (TPSA) is 89.5 Å².